The molecular formula is C15H13ClN2OS. The van der Waals surface area contributed by atoms with Gasteiger partial charge in [-0.3, -0.25) is 4.21 Å². The largest absolute Gasteiger partial charge is 0.327 e. The SMILES string of the molecule is Cn1c(-c2ccccc2S(C)=O)nc2cc(Cl)ccc21. The van der Waals surface area contributed by atoms with Crippen LogP contribution in [-0.2, 0) is 17.8 Å². The number of nitrogens with zero attached hydrogens (tertiary/aromatic N) is 2. The highest BCUT2D eigenvalue weighted by atomic mass is 35.5. The second-order valence-electron chi connectivity index (χ2n) is 4.58. The van der Waals surface area contributed by atoms with E-state index < -0.39 is 10.8 Å². The summed E-state index contributed by atoms with van der Waals surface area (Å²) in [7, 11) is 0.898. The molecule has 2 aromatic carbocycles. The van der Waals surface area contributed by atoms with Crippen molar-refractivity contribution in [2.45, 2.75) is 4.90 Å². The van der Waals surface area contributed by atoms with Gasteiger partial charge in [-0.15, -0.1) is 0 Å². The van der Waals surface area contributed by atoms with Gasteiger partial charge in [-0.1, -0.05) is 29.8 Å². The minimum absolute atomic E-state index is 0.662. The van der Waals surface area contributed by atoms with Crippen molar-refractivity contribution in [2.24, 2.45) is 7.05 Å². The van der Waals surface area contributed by atoms with E-state index in [9.17, 15) is 4.21 Å². The molecule has 3 rings (SSSR count). The summed E-state index contributed by atoms with van der Waals surface area (Å²) in [4.78, 5) is 5.42. The molecule has 0 saturated heterocycles. The first-order valence-corrected chi connectivity index (χ1v) is 8.06. The minimum Gasteiger partial charge on any atom is -0.327 e. The smallest absolute Gasteiger partial charge is 0.142 e. The van der Waals surface area contributed by atoms with Crippen molar-refractivity contribution < 1.29 is 4.21 Å². The predicted octanol–water partition coefficient (Wildman–Crippen LogP) is 3.63. The molecule has 0 radical (unpaired) electrons. The number of aromatic nitrogens is 2. The average molecular weight is 305 g/mol. The fraction of sp³-hybridized carbons (Fsp3) is 0.133. The molecule has 3 nitrogen and oxygen atoms in total. The van der Waals surface area contributed by atoms with E-state index in [4.69, 9.17) is 11.6 Å². The van der Waals surface area contributed by atoms with Crippen LogP contribution in [0.15, 0.2) is 47.4 Å². The molecule has 0 fully saturated rings. The lowest BCUT2D eigenvalue weighted by atomic mass is 10.2. The molecule has 3 aromatic rings. The van der Waals surface area contributed by atoms with Crippen LogP contribution in [0, 0.1) is 0 Å². The van der Waals surface area contributed by atoms with Crippen LogP contribution in [0.25, 0.3) is 22.4 Å². The van der Waals surface area contributed by atoms with Gasteiger partial charge in [0.15, 0.2) is 0 Å². The number of rotatable bonds is 2. The quantitative estimate of drug-likeness (QED) is 0.724. The van der Waals surface area contributed by atoms with Crippen LogP contribution in [0.3, 0.4) is 0 Å². The molecule has 1 unspecified atom stereocenters. The van der Waals surface area contributed by atoms with E-state index in [0.717, 1.165) is 27.3 Å². The zero-order valence-electron chi connectivity index (χ0n) is 11.1. The van der Waals surface area contributed by atoms with Gasteiger partial charge in [0.1, 0.15) is 5.82 Å². The summed E-state index contributed by atoms with van der Waals surface area (Å²) in [6.45, 7) is 0. The normalized spacial score (nSPS) is 12.8. The monoisotopic (exact) mass is 304 g/mol. The minimum atomic E-state index is -1.05. The molecule has 0 bridgehead atoms. The number of halogens is 1. The first kappa shape index (κ1) is 13.3. The topological polar surface area (TPSA) is 34.9 Å². The lowest BCUT2D eigenvalue weighted by Crippen LogP contribution is -1.97. The van der Waals surface area contributed by atoms with Crippen molar-refractivity contribution in [3.63, 3.8) is 0 Å². The van der Waals surface area contributed by atoms with Crippen molar-refractivity contribution in [1.82, 2.24) is 9.55 Å². The third-order valence-electron chi connectivity index (χ3n) is 3.28. The van der Waals surface area contributed by atoms with Crippen molar-refractivity contribution in [1.29, 1.82) is 0 Å². The zero-order valence-corrected chi connectivity index (χ0v) is 12.7. The van der Waals surface area contributed by atoms with Gasteiger partial charge in [-0.05, 0) is 24.3 Å². The Bertz CT molecular complexity index is 826. The molecule has 0 spiro atoms. The number of aryl methyl sites for hydroxylation is 1. The van der Waals surface area contributed by atoms with Crippen LogP contribution in [0.5, 0.6) is 0 Å². The van der Waals surface area contributed by atoms with E-state index in [1.165, 1.54) is 0 Å². The molecule has 0 aliphatic carbocycles. The number of benzene rings is 2. The average Bonchev–Trinajstić information content (AvgIpc) is 2.75. The molecule has 0 aliphatic heterocycles. The van der Waals surface area contributed by atoms with Gasteiger partial charge in [0.25, 0.3) is 0 Å². The lowest BCUT2D eigenvalue weighted by molar-refractivity contribution is 0.687. The van der Waals surface area contributed by atoms with Crippen LogP contribution in [-0.4, -0.2) is 20.0 Å². The molecule has 5 heteroatoms. The molecule has 0 saturated carbocycles. The summed E-state index contributed by atoms with van der Waals surface area (Å²) in [5, 5.41) is 0.662. The summed E-state index contributed by atoms with van der Waals surface area (Å²) in [6.07, 6.45) is 1.68. The van der Waals surface area contributed by atoms with Crippen LogP contribution in [0.2, 0.25) is 5.02 Å². The Kier molecular flexibility index (Phi) is 3.36. The van der Waals surface area contributed by atoms with E-state index >= 15 is 0 Å². The first-order chi connectivity index (χ1) is 9.58. The fourth-order valence-electron chi connectivity index (χ4n) is 2.32. The van der Waals surface area contributed by atoms with E-state index in [2.05, 4.69) is 4.98 Å². The maximum Gasteiger partial charge on any atom is 0.142 e. The lowest BCUT2D eigenvalue weighted by Gasteiger charge is -2.07. The first-order valence-electron chi connectivity index (χ1n) is 6.13. The molecule has 1 aromatic heterocycles. The predicted molar refractivity (Wildman–Crippen MR) is 83.5 cm³/mol. The van der Waals surface area contributed by atoms with Crippen molar-refractivity contribution in [3.05, 3.63) is 47.5 Å². The van der Waals surface area contributed by atoms with Crippen LogP contribution >= 0.6 is 11.6 Å². The van der Waals surface area contributed by atoms with Gasteiger partial charge < -0.3 is 4.57 Å². The number of imidazole rings is 1. The molecule has 1 heterocycles. The Morgan fingerprint density at radius 1 is 1.20 bits per heavy atom. The number of hydrogen-bond donors (Lipinski definition) is 0. The highest BCUT2D eigenvalue weighted by Crippen LogP contribution is 2.29. The van der Waals surface area contributed by atoms with Crippen LogP contribution in [0.4, 0.5) is 0 Å². The number of hydrogen-bond acceptors (Lipinski definition) is 2. The van der Waals surface area contributed by atoms with E-state index in [-0.39, 0.29) is 0 Å². The summed E-state index contributed by atoms with van der Waals surface area (Å²) < 4.78 is 13.9. The standard InChI is InChI=1S/C15H13ClN2OS/c1-18-13-8-7-10(16)9-12(13)17-15(18)11-5-3-4-6-14(11)20(2)19/h3-9H,1-2H3. The van der Waals surface area contributed by atoms with E-state index in [0.29, 0.717) is 5.02 Å². The zero-order chi connectivity index (χ0) is 14.3. The van der Waals surface area contributed by atoms with Crippen LogP contribution in [0.1, 0.15) is 0 Å². The van der Waals surface area contributed by atoms with Gasteiger partial charge in [0.05, 0.1) is 21.8 Å². The molecule has 0 aliphatic rings. The van der Waals surface area contributed by atoms with E-state index in [1.54, 1.807) is 6.26 Å². The Labute approximate surface area is 124 Å². The highest BCUT2D eigenvalue weighted by molar-refractivity contribution is 7.84. The van der Waals surface area contributed by atoms with Gasteiger partial charge in [-0.25, -0.2) is 4.98 Å². The second kappa shape index (κ2) is 5.04. The summed E-state index contributed by atoms with van der Waals surface area (Å²) in [6, 6.07) is 13.3. The highest BCUT2D eigenvalue weighted by Gasteiger charge is 2.14. The summed E-state index contributed by atoms with van der Waals surface area (Å²) in [5.74, 6) is 0.799. The van der Waals surface area contributed by atoms with Crippen molar-refractivity contribution in [2.75, 3.05) is 6.26 Å². The molecule has 1 atom stereocenters. The van der Waals surface area contributed by atoms with E-state index in [1.807, 2.05) is 54.1 Å². The summed E-state index contributed by atoms with van der Waals surface area (Å²) >= 11 is 6.01. The third kappa shape index (κ3) is 2.15. The molecular weight excluding hydrogens is 292 g/mol. The Hall–Kier alpha value is -1.65. The Morgan fingerprint density at radius 2 is 1.95 bits per heavy atom. The van der Waals surface area contributed by atoms with Crippen molar-refractivity contribution >= 4 is 33.4 Å². The Morgan fingerprint density at radius 3 is 2.70 bits per heavy atom. The summed E-state index contributed by atoms with van der Waals surface area (Å²) in [5.41, 5.74) is 2.73. The Balaban J connectivity index is 2.30. The van der Waals surface area contributed by atoms with Gasteiger partial charge in [0, 0.05) is 28.8 Å². The maximum absolute atomic E-state index is 11.9. The second-order valence-corrected chi connectivity index (χ2v) is 6.36. The number of fused-ring (bicyclic) bond motifs is 1. The fourth-order valence-corrected chi connectivity index (χ4v) is 3.22. The van der Waals surface area contributed by atoms with Gasteiger partial charge >= 0.3 is 0 Å². The molecule has 102 valence electrons. The molecule has 0 N–H and O–H groups in total. The van der Waals surface area contributed by atoms with Crippen LogP contribution < -0.4 is 0 Å². The van der Waals surface area contributed by atoms with Crippen molar-refractivity contribution in [3.8, 4) is 11.4 Å². The third-order valence-corrected chi connectivity index (χ3v) is 4.49. The van der Waals surface area contributed by atoms with Gasteiger partial charge in [-0.2, -0.15) is 0 Å². The van der Waals surface area contributed by atoms with Gasteiger partial charge in [0.2, 0.25) is 0 Å². The molecule has 0 amide bonds. The maximum atomic E-state index is 11.9. The molecule has 20 heavy (non-hydrogen) atoms.